The Labute approximate surface area is 154 Å². The molecule has 4 rings (SSSR count). The number of nitrogens with zero attached hydrogens (tertiary/aromatic N) is 3. The maximum absolute atomic E-state index is 12.3. The molecule has 6 heteroatoms. The summed E-state index contributed by atoms with van der Waals surface area (Å²) in [5.74, 6) is 0.252. The highest BCUT2D eigenvalue weighted by molar-refractivity contribution is 6.31. The highest BCUT2D eigenvalue weighted by atomic mass is 35.5. The van der Waals surface area contributed by atoms with E-state index in [2.05, 4.69) is 4.98 Å². The molecular weight excluding hydrogens is 350 g/mol. The van der Waals surface area contributed by atoms with Gasteiger partial charge in [-0.1, -0.05) is 23.7 Å². The number of hydrogen-bond donors (Lipinski definition) is 0. The number of para-hydroxylation sites is 2. The zero-order valence-corrected chi connectivity index (χ0v) is 14.6. The van der Waals surface area contributed by atoms with Gasteiger partial charge in [0.2, 0.25) is 0 Å². The quantitative estimate of drug-likeness (QED) is 0.502. The molecular formula is C20H14ClN3O2. The fraction of sp³-hybridized carbons (Fsp3) is 0.0500. The molecule has 0 saturated heterocycles. The third-order valence-electron chi connectivity index (χ3n) is 4.10. The first-order valence-corrected chi connectivity index (χ1v) is 8.33. The smallest absolute Gasteiger partial charge is 0.340 e. The molecule has 0 aliphatic heterocycles. The second kappa shape index (κ2) is 6.61. The number of ether oxygens (including phenoxy) is 1. The van der Waals surface area contributed by atoms with Crippen LogP contribution in [0.5, 0.6) is 0 Å². The molecule has 2 aromatic carbocycles. The molecule has 0 saturated carbocycles. The summed E-state index contributed by atoms with van der Waals surface area (Å²) in [7, 11) is 1.35. The van der Waals surface area contributed by atoms with Crippen molar-refractivity contribution < 1.29 is 9.53 Å². The average molecular weight is 364 g/mol. The molecule has 0 radical (unpaired) electrons. The number of carbonyl (C=O) groups excluding carboxylic acids is 1. The molecule has 2 aromatic heterocycles. The van der Waals surface area contributed by atoms with Gasteiger partial charge in [-0.2, -0.15) is 0 Å². The van der Waals surface area contributed by atoms with Crippen molar-refractivity contribution in [1.29, 1.82) is 0 Å². The van der Waals surface area contributed by atoms with Crippen molar-refractivity contribution in [3.05, 3.63) is 77.6 Å². The van der Waals surface area contributed by atoms with Crippen LogP contribution in [0.2, 0.25) is 5.02 Å². The summed E-state index contributed by atoms with van der Waals surface area (Å²) in [6.07, 6.45) is 3.42. The van der Waals surface area contributed by atoms with Gasteiger partial charge in [0.15, 0.2) is 0 Å². The first-order chi connectivity index (χ1) is 12.7. The Morgan fingerprint density at radius 3 is 2.62 bits per heavy atom. The second-order valence-corrected chi connectivity index (χ2v) is 6.08. The number of halogens is 1. The van der Waals surface area contributed by atoms with E-state index < -0.39 is 5.97 Å². The molecule has 0 spiro atoms. The molecule has 5 nitrogen and oxygen atoms in total. The van der Waals surface area contributed by atoms with E-state index in [0.29, 0.717) is 22.1 Å². The van der Waals surface area contributed by atoms with Gasteiger partial charge >= 0.3 is 5.97 Å². The first kappa shape index (κ1) is 16.3. The van der Waals surface area contributed by atoms with E-state index in [1.807, 2.05) is 41.0 Å². The Morgan fingerprint density at radius 2 is 1.85 bits per heavy atom. The summed E-state index contributed by atoms with van der Waals surface area (Å²) >= 11 is 6.11. The lowest BCUT2D eigenvalue weighted by Crippen LogP contribution is -2.09. The minimum Gasteiger partial charge on any atom is -0.465 e. The lowest BCUT2D eigenvalue weighted by molar-refractivity contribution is 0.0601. The Kier molecular flexibility index (Phi) is 4.14. The van der Waals surface area contributed by atoms with E-state index in [0.717, 1.165) is 16.6 Å². The number of rotatable bonds is 3. The number of aromatic nitrogens is 3. The number of esters is 1. The largest absolute Gasteiger partial charge is 0.465 e. The lowest BCUT2D eigenvalue weighted by Gasteiger charge is -2.13. The number of methoxy groups -OCH3 is 1. The maximum atomic E-state index is 12.3. The predicted octanol–water partition coefficient (Wildman–Crippen LogP) is 4.53. The van der Waals surface area contributed by atoms with E-state index in [1.165, 1.54) is 7.11 Å². The standard InChI is InChI=1S/C20H14ClN3O2/c1-26-20(25)15-12-14(21)6-7-17(15)24-18-5-3-2-4-16(18)23-19(24)13-8-10-22-11-9-13/h2-12H,1H3. The third-order valence-corrected chi connectivity index (χ3v) is 4.34. The molecule has 0 bridgehead atoms. The van der Waals surface area contributed by atoms with Crippen LogP contribution in [0.25, 0.3) is 28.1 Å². The van der Waals surface area contributed by atoms with Crippen LogP contribution in [0, 0.1) is 0 Å². The number of pyridine rings is 1. The molecule has 128 valence electrons. The maximum Gasteiger partial charge on any atom is 0.340 e. The monoisotopic (exact) mass is 363 g/mol. The number of carbonyl (C=O) groups is 1. The lowest BCUT2D eigenvalue weighted by atomic mass is 10.1. The highest BCUT2D eigenvalue weighted by Crippen LogP contribution is 2.31. The highest BCUT2D eigenvalue weighted by Gasteiger charge is 2.20. The van der Waals surface area contributed by atoms with Crippen molar-refractivity contribution in [3.8, 4) is 17.1 Å². The van der Waals surface area contributed by atoms with Crippen LogP contribution >= 0.6 is 11.6 Å². The minimum absolute atomic E-state index is 0.374. The average Bonchev–Trinajstić information content (AvgIpc) is 3.07. The molecule has 0 aliphatic carbocycles. The van der Waals surface area contributed by atoms with Crippen LogP contribution in [0.3, 0.4) is 0 Å². The van der Waals surface area contributed by atoms with Crippen molar-refractivity contribution in [2.45, 2.75) is 0 Å². The van der Waals surface area contributed by atoms with Gasteiger partial charge in [0.1, 0.15) is 5.82 Å². The van der Waals surface area contributed by atoms with E-state index in [1.54, 1.807) is 30.6 Å². The molecule has 0 atom stereocenters. The van der Waals surface area contributed by atoms with Crippen LogP contribution in [0.4, 0.5) is 0 Å². The molecule has 4 aromatic rings. The van der Waals surface area contributed by atoms with Gasteiger partial charge in [0, 0.05) is 23.0 Å². The zero-order valence-electron chi connectivity index (χ0n) is 13.9. The summed E-state index contributed by atoms with van der Waals surface area (Å²) in [5.41, 5.74) is 3.62. The van der Waals surface area contributed by atoms with Gasteiger partial charge in [0.25, 0.3) is 0 Å². The Morgan fingerprint density at radius 1 is 1.08 bits per heavy atom. The molecule has 26 heavy (non-hydrogen) atoms. The normalized spacial score (nSPS) is 10.8. The summed E-state index contributed by atoms with van der Waals surface area (Å²) in [6.45, 7) is 0. The summed E-state index contributed by atoms with van der Waals surface area (Å²) in [4.78, 5) is 21.2. The number of imidazole rings is 1. The van der Waals surface area contributed by atoms with E-state index in [-0.39, 0.29) is 0 Å². The molecule has 0 fully saturated rings. The van der Waals surface area contributed by atoms with Gasteiger partial charge in [-0.15, -0.1) is 0 Å². The van der Waals surface area contributed by atoms with Crippen molar-refractivity contribution in [3.63, 3.8) is 0 Å². The first-order valence-electron chi connectivity index (χ1n) is 7.95. The van der Waals surface area contributed by atoms with Crippen LogP contribution in [0.15, 0.2) is 67.0 Å². The molecule has 0 amide bonds. The molecule has 0 N–H and O–H groups in total. The topological polar surface area (TPSA) is 57.0 Å². The number of hydrogen-bond acceptors (Lipinski definition) is 4. The zero-order chi connectivity index (χ0) is 18.1. The fourth-order valence-corrected chi connectivity index (χ4v) is 3.11. The summed E-state index contributed by atoms with van der Waals surface area (Å²) in [5, 5.41) is 0.462. The van der Waals surface area contributed by atoms with Gasteiger partial charge in [-0.25, -0.2) is 9.78 Å². The van der Waals surface area contributed by atoms with Crippen LogP contribution in [0.1, 0.15) is 10.4 Å². The molecule has 0 unspecified atom stereocenters. The fourth-order valence-electron chi connectivity index (χ4n) is 2.94. The van der Waals surface area contributed by atoms with Crippen molar-refractivity contribution in [1.82, 2.24) is 14.5 Å². The Hall–Kier alpha value is -3.18. The van der Waals surface area contributed by atoms with E-state index in [4.69, 9.17) is 21.3 Å². The van der Waals surface area contributed by atoms with Gasteiger partial charge in [-0.05, 0) is 42.5 Å². The van der Waals surface area contributed by atoms with E-state index >= 15 is 0 Å². The van der Waals surface area contributed by atoms with E-state index in [9.17, 15) is 4.79 Å². The molecule has 2 heterocycles. The van der Waals surface area contributed by atoms with Crippen molar-refractivity contribution in [2.24, 2.45) is 0 Å². The number of fused-ring (bicyclic) bond motifs is 1. The number of benzene rings is 2. The predicted molar refractivity (Wildman–Crippen MR) is 101 cm³/mol. The van der Waals surface area contributed by atoms with Gasteiger partial charge in [0.05, 0.1) is 29.4 Å². The second-order valence-electron chi connectivity index (χ2n) is 5.65. The summed E-state index contributed by atoms with van der Waals surface area (Å²) in [6, 6.07) is 16.7. The molecule has 0 aliphatic rings. The summed E-state index contributed by atoms with van der Waals surface area (Å²) < 4.78 is 6.88. The van der Waals surface area contributed by atoms with Gasteiger partial charge in [-0.3, -0.25) is 9.55 Å². The van der Waals surface area contributed by atoms with Crippen LogP contribution in [-0.4, -0.2) is 27.6 Å². The van der Waals surface area contributed by atoms with Crippen molar-refractivity contribution >= 4 is 28.6 Å². The SMILES string of the molecule is COC(=O)c1cc(Cl)ccc1-n1c(-c2ccncc2)nc2ccccc21. The van der Waals surface area contributed by atoms with Crippen LogP contribution in [-0.2, 0) is 4.74 Å². The Balaban J connectivity index is 2.08. The van der Waals surface area contributed by atoms with Crippen LogP contribution < -0.4 is 0 Å². The third kappa shape index (κ3) is 2.72. The van der Waals surface area contributed by atoms with Gasteiger partial charge < -0.3 is 4.74 Å². The Bertz CT molecular complexity index is 1110. The van der Waals surface area contributed by atoms with Crippen molar-refractivity contribution in [2.75, 3.05) is 7.11 Å². The minimum atomic E-state index is -0.457.